The second-order valence-electron chi connectivity index (χ2n) is 4.49. The lowest BCUT2D eigenvalue weighted by atomic mass is 10.0. The molecule has 2 heteroatoms. The van der Waals surface area contributed by atoms with Gasteiger partial charge in [-0.15, -0.1) is 0 Å². The molecule has 0 aliphatic rings. The minimum atomic E-state index is -0.159. The van der Waals surface area contributed by atoms with Crippen LogP contribution in [-0.2, 0) is 9.53 Å². The number of hydrogen-bond acceptors (Lipinski definition) is 2. The molecule has 0 rings (SSSR count). The number of ether oxygens (including phenoxy) is 1. The molecule has 0 atom stereocenters. The van der Waals surface area contributed by atoms with Crippen LogP contribution in [0.1, 0.15) is 65.7 Å². The van der Waals surface area contributed by atoms with E-state index in [0.29, 0.717) is 0 Å². The summed E-state index contributed by atoms with van der Waals surface area (Å²) in [6.45, 7) is 6.17. The molecule has 2 nitrogen and oxygen atoms in total. The summed E-state index contributed by atoms with van der Waals surface area (Å²) in [6, 6.07) is 0. The molecule has 0 amide bonds. The van der Waals surface area contributed by atoms with Crippen molar-refractivity contribution < 1.29 is 9.53 Å². The molecule has 0 saturated carbocycles. The highest BCUT2D eigenvalue weighted by Gasteiger charge is 2.10. The van der Waals surface area contributed by atoms with Crippen LogP contribution in [0.3, 0.4) is 0 Å². The maximum Gasteiger partial charge on any atom is 0.333 e. The number of methoxy groups -OCH3 is 1. The van der Waals surface area contributed by atoms with Crippen molar-refractivity contribution in [3.63, 3.8) is 0 Å². The largest absolute Gasteiger partial charge is 0.466 e. The van der Waals surface area contributed by atoms with Crippen molar-refractivity contribution in [2.24, 2.45) is 0 Å². The van der Waals surface area contributed by atoms with Crippen LogP contribution in [-0.4, -0.2) is 13.1 Å². The number of allylic oxidation sites excluding steroid dienone is 1. The molecule has 0 unspecified atom stereocenters. The number of rotatable bonds is 8. The Hall–Kier alpha value is -0.790. The Morgan fingerprint density at radius 2 is 1.56 bits per heavy atom. The molecule has 16 heavy (non-hydrogen) atoms. The van der Waals surface area contributed by atoms with Crippen LogP contribution < -0.4 is 0 Å². The van der Waals surface area contributed by atoms with Crippen molar-refractivity contribution in [1.29, 1.82) is 0 Å². The number of hydrogen-bond donors (Lipinski definition) is 0. The Morgan fingerprint density at radius 1 is 1.00 bits per heavy atom. The molecule has 0 aliphatic carbocycles. The third-order valence-electron chi connectivity index (χ3n) is 2.82. The zero-order valence-electron chi connectivity index (χ0n) is 11.3. The zero-order valence-corrected chi connectivity index (χ0v) is 11.3. The van der Waals surface area contributed by atoms with Gasteiger partial charge in [0.05, 0.1) is 7.11 Å². The van der Waals surface area contributed by atoms with Gasteiger partial charge in [0.1, 0.15) is 0 Å². The van der Waals surface area contributed by atoms with E-state index in [9.17, 15) is 4.79 Å². The van der Waals surface area contributed by atoms with Gasteiger partial charge in [-0.1, -0.05) is 44.6 Å². The van der Waals surface area contributed by atoms with Gasteiger partial charge in [0, 0.05) is 5.57 Å². The van der Waals surface area contributed by atoms with Crippen molar-refractivity contribution in [3.05, 3.63) is 11.1 Å². The summed E-state index contributed by atoms with van der Waals surface area (Å²) in [7, 11) is 1.45. The Balaban J connectivity index is 3.80. The first-order valence-electron chi connectivity index (χ1n) is 6.38. The van der Waals surface area contributed by atoms with Crippen molar-refractivity contribution >= 4 is 5.97 Å². The predicted molar refractivity (Wildman–Crippen MR) is 68.4 cm³/mol. The van der Waals surface area contributed by atoms with Gasteiger partial charge in [-0.05, 0) is 26.7 Å². The Kier molecular flexibility index (Phi) is 8.97. The van der Waals surface area contributed by atoms with Crippen molar-refractivity contribution in [2.75, 3.05) is 7.11 Å². The van der Waals surface area contributed by atoms with E-state index in [-0.39, 0.29) is 5.97 Å². The Morgan fingerprint density at radius 3 is 2.06 bits per heavy atom. The predicted octanol–water partition coefficient (Wildman–Crippen LogP) is 4.25. The standard InChI is InChI=1S/C14H26O2/c1-5-6-7-8-9-10-11-13(12(2)3)14(15)16-4/h5-11H2,1-4H3. The fourth-order valence-corrected chi connectivity index (χ4v) is 1.76. The molecular weight excluding hydrogens is 200 g/mol. The number of carbonyl (C=O) groups is 1. The molecule has 0 spiro atoms. The van der Waals surface area contributed by atoms with Gasteiger partial charge in [0.2, 0.25) is 0 Å². The van der Waals surface area contributed by atoms with Crippen LogP contribution in [0, 0.1) is 0 Å². The summed E-state index contributed by atoms with van der Waals surface area (Å²) in [6.07, 6.45) is 8.38. The fraction of sp³-hybridized carbons (Fsp3) is 0.786. The molecule has 0 bridgehead atoms. The summed E-state index contributed by atoms with van der Waals surface area (Å²) in [5.74, 6) is -0.159. The van der Waals surface area contributed by atoms with Crippen molar-refractivity contribution in [2.45, 2.75) is 65.7 Å². The SMILES string of the molecule is CCCCCCCCC(C(=O)OC)=C(C)C. The topological polar surface area (TPSA) is 26.3 Å². The molecule has 0 radical (unpaired) electrons. The third kappa shape index (κ3) is 6.65. The molecule has 0 aromatic rings. The molecule has 0 saturated heterocycles. The second-order valence-corrected chi connectivity index (χ2v) is 4.49. The molecule has 0 aromatic carbocycles. The molecule has 0 fully saturated rings. The van der Waals surface area contributed by atoms with Crippen LogP contribution in [0.4, 0.5) is 0 Å². The van der Waals surface area contributed by atoms with Gasteiger partial charge in [-0.3, -0.25) is 0 Å². The Labute approximate surface area is 100 Å². The summed E-state index contributed by atoms with van der Waals surface area (Å²) in [5.41, 5.74) is 1.94. The normalized spacial score (nSPS) is 10.0. The number of unbranched alkanes of at least 4 members (excludes halogenated alkanes) is 5. The number of esters is 1. The molecule has 94 valence electrons. The summed E-state index contributed by atoms with van der Waals surface area (Å²) < 4.78 is 4.77. The van der Waals surface area contributed by atoms with Crippen LogP contribution in [0.5, 0.6) is 0 Å². The van der Waals surface area contributed by atoms with Gasteiger partial charge in [0.25, 0.3) is 0 Å². The fourth-order valence-electron chi connectivity index (χ4n) is 1.76. The monoisotopic (exact) mass is 226 g/mol. The minimum Gasteiger partial charge on any atom is -0.466 e. The second kappa shape index (κ2) is 9.44. The lowest BCUT2D eigenvalue weighted by Gasteiger charge is -2.07. The molecule has 0 heterocycles. The highest BCUT2D eigenvalue weighted by atomic mass is 16.5. The zero-order chi connectivity index (χ0) is 12.4. The lowest BCUT2D eigenvalue weighted by Crippen LogP contribution is -2.06. The van der Waals surface area contributed by atoms with Crippen molar-refractivity contribution in [1.82, 2.24) is 0 Å². The van der Waals surface area contributed by atoms with E-state index in [0.717, 1.165) is 24.0 Å². The van der Waals surface area contributed by atoms with Gasteiger partial charge in [-0.2, -0.15) is 0 Å². The first kappa shape index (κ1) is 15.2. The van der Waals surface area contributed by atoms with Gasteiger partial charge >= 0.3 is 5.97 Å². The van der Waals surface area contributed by atoms with E-state index in [1.807, 2.05) is 13.8 Å². The van der Waals surface area contributed by atoms with E-state index in [2.05, 4.69) is 6.92 Å². The average Bonchev–Trinajstić information content (AvgIpc) is 2.26. The third-order valence-corrected chi connectivity index (χ3v) is 2.82. The van der Waals surface area contributed by atoms with E-state index in [1.54, 1.807) is 0 Å². The minimum absolute atomic E-state index is 0.159. The van der Waals surface area contributed by atoms with Crippen LogP contribution in [0.2, 0.25) is 0 Å². The summed E-state index contributed by atoms with van der Waals surface area (Å²) in [5, 5.41) is 0. The average molecular weight is 226 g/mol. The van der Waals surface area contributed by atoms with Crippen LogP contribution >= 0.6 is 0 Å². The quantitative estimate of drug-likeness (QED) is 0.351. The number of carbonyl (C=O) groups excluding carboxylic acids is 1. The molecular formula is C14H26O2. The molecule has 0 N–H and O–H groups in total. The highest BCUT2D eigenvalue weighted by molar-refractivity contribution is 5.89. The van der Waals surface area contributed by atoms with Gasteiger partial charge < -0.3 is 4.74 Å². The molecule has 0 aromatic heterocycles. The van der Waals surface area contributed by atoms with Gasteiger partial charge in [0.15, 0.2) is 0 Å². The van der Waals surface area contributed by atoms with Crippen LogP contribution in [0.25, 0.3) is 0 Å². The lowest BCUT2D eigenvalue weighted by molar-refractivity contribution is -0.136. The van der Waals surface area contributed by atoms with Gasteiger partial charge in [-0.25, -0.2) is 4.79 Å². The highest BCUT2D eigenvalue weighted by Crippen LogP contribution is 2.16. The Bertz CT molecular complexity index is 225. The molecule has 0 aliphatic heterocycles. The van der Waals surface area contributed by atoms with E-state index in [4.69, 9.17) is 4.74 Å². The summed E-state index contributed by atoms with van der Waals surface area (Å²) in [4.78, 5) is 11.4. The van der Waals surface area contributed by atoms with E-state index >= 15 is 0 Å². The smallest absolute Gasteiger partial charge is 0.333 e. The first-order chi connectivity index (χ1) is 7.63. The first-order valence-corrected chi connectivity index (χ1v) is 6.38. The van der Waals surface area contributed by atoms with E-state index < -0.39 is 0 Å². The maximum atomic E-state index is 11.4. The summed E-state index contributed by atoms with van der Waals surface area (Å²) >= 11 is 0. The maximum absolute atomic E-state index is 11.4. The van der Waals surface area contributed by atoms with Crippen molar-refractivity contribution in [3.8, 4) is 0 Å². The van der Waals surface area contributed by atoms with E-state index in [1.165, 1.54) is 39.2 Å². The van der Waals surface area contributed by atoms with Crippen LogP contribution in [0.15, 0.2) is 11.1 Å².